The molecule has 1 aliphatic carbocycles. The molecule has 2 heteroatoms. The molecule has 1 unspecified atom stereocenters. The van der Waals surface area contributed by atoms with Crippen molar-refractivity contribution >= 4 is 11.3 Å². The van der Waals surface area contributed by atoms with E-state index in [2.05, 4.69) is 39.1 Å². The first-order chi connectivity index (χ1) is 8.02. The summed E-state index contributed by atoms with van der Waals surface area (Å²) in [5.41, 5.74) is 1.92. The van der Waals surface area contributed by atoms with Gasteiger partial charge in [0.05, 0.1) is 0 Å². The van der Waals surface area contributed by atoms with Gasteiger partial charge in [-0.3, -0.25) is 0 Å². The highest BCUT2D eigenvalue weighted by Crippen LogP contribution is 2.40. The highest BCUT2D eigenvalue weighted by atomic mass is 32.1. The van der Waals surface area contributed by atoms with Gasteiger partial charge in [-0.1, -0.05) is 27.7 Å². The smallest absolute Gasteiger partial charge is 0.0464 e. The average Bonchev–Trinajstić information content (AvgIpc) is 2.76. The van der Waals surface area contributed by atoms with E-state index in [0.717, 1.165) is 6.54 Å². The van der Waals surface area contributed by atoms with Gasteiger partial charge in [-0.05, 0) is 49.3 Å². The van der Waals surface area contributed by atoms with E-state index in [1.165, 1.54) is 25.7 Å². The summed E-state index contributed by atoms with van der Waals surface area (Å²) in [5.74, 6) is 0. The van der Waals surface area contributed by atoms with Gasteiger partial charge >= 0.3 is 0 Å². The molecule has 1 atom stereocenters. The lowest BCUT2D eigenvalue weighted by molar-refractivity contribution is 0.277. The molecule has 0 bridgehead atoms. The van der Waals surface area contributed by atoms with Crippen LogP contribution in [-0.2, 0) is 12.8 Å². The van der Waals surface area contributed by atoms with Crippen LogP contribution in [-0.4, -0.2) is 6.54 Å². The van der Waals surface area contributed by atoms with Crippen molar-refractivity contribution in [1.82, 2.24) is 5.32 Å². The number of aryl methyl sites for hydroxylation is 2. The molecule has 96 valence electrons. The molecule has 1 N–H and O–H groups in total. The molecular formula is C15H25NS. The first kappa shape index (κ1) is 13.1. The fourth-order valence-electron chi connectivity index (χ4n) is 2.62. The normalized spacial score (nSPS) is 17.2. The maximum Gasteiger partial charge on any atom is 0.0464 e. The minimum absolute atomic E-state index is 0.299. The second kappa shape index (κ2) is 5.11. The summed E-state index contributed by atoms with van der Waals surface area (Å²) < 4.78 is 0. The average molecular weight is 251 g/mol. The minimum atomic E-state index is 0.299. The van der Waals surface area contributed by atoms with E-state index in [9.17, 15) is 0 Å². The molecular weight excluding hydrogens is 226 g/mol. The van der Waals surface area contributed by atoms with Crippen LogP contribution in [0.4, 0.5) is 0 Å². The standard InChI is InChI=1S/C15H25NS/c1-5-9-16-14(15(2,3)4)13-10-11-7-6-8-12(11)17-13/h10,14,16H,5-9H2,1-4H3. The van der Waals surface area contributed by atoms with Gasteiger partial charge in [0.1, 0.15) is 0 Å². The Morgan fingerprint density at radius 3 is 2.71 bits per heavy atom. The monoisotopic (exact) mass is 251 g/mol. The van der Waals surface area contributed by atoms with Crippen LogP contribution in [0.2, 0.25) is 0 Å². The quantitative estimate of drug-likeness (QED) is 0.840. The van der Waals surface area contributed by atoms with Crippen molar-refractivity contribution in [3.8, 4) is 0 Å². The SMILES string of the molecule is CCCNC(c1cc2c(s1)CCC2)C(C)(C)C. The van der Waals surface area contributed by atoms with Crippen LogP contribution in [0.3, 0.4) is 0 Å². The van der Waals surface area contributed by atoms with Gasteiger partial charge in [0, 0.05) is 15.8 Å². The molecule has 1 aliphatic rings. The molecule has 0 aromatic carbocycles. The van der Waals surface area contributed by atoms with Gasteiger partial charge in [0.2, 0.25) is 0 Å². The first-order valence-corrected chi connectivity index (χ1v) is 7.69. The van der Waals surface area contributed by atoms with Crippen LogP contribution < -0.4 is 5.32 Å². The lowest BCUT2D eigenvalue weighted by Gasteiger charge is -2.31. The fourth-order valence-corrected chi connectivity index (χ4v) is 4.20. The van der Waals surface area contributed by atoms with Crippen molar-refractivity contribution in [2.24, 2.45) is 5.41 Å². The Bertz CT molecular complexity index is 351. The molecule has 1 aromatic heterocycles. The molecule has 17 heavy (non-hydrogen) atoms. The number of hydrogen-bond donors (Lipinski definition) is 1. The van der Waals surface area contributed by atoms with E-state index in [1.54, 1.807) is 15.3 Å². The number of fused-ring (bicyclic) bond motifs is 1. The molecule has 1 nitrogen and oxygen atoms in total. The lowest BCUT2D eigenvalue weighted by atomic mass is 9.85. The lowest BCUT2D eigenvalue weighted by Crippen LogP contribution is -2.32. The van der Waals surface area contributed by atoms with Crippen LogP contribution in [0.15, 0.2) is 6.07 Å². The Kier molecular flexibility index (Phi) is 3.94. The molecule has 1 aromatic rings. The molecule has 0 radical (unpaired) electrons. The van der Waals surface area contributed by atoms with Crippen LogP contribution in [0.5, 0.6) is 0 Å². The molecule has 0 aliphatic heterocycles. The van der Waals surface area contributed by atoms with E-state index in [1.807, 2.05) is 11.3 Å². The Morgan fingerprint density at radius 2 is 2.12 bits per heavy atom. The third-order valence-corrected chi connectivity index (χ3v) is 4.82. The van der Waals surface area contributed by atoms with E-state index in [4.69, 9.17) is 0 Å². The van der Waals surface area contributed by atoms with Crippen molar-refractivity contribution in [1.29, 1.82) is 0 Å². The maximum absolute atomic E-state index is 3.72. The maximum atomic E-state index is 3.72. The summed E-state index contributed by atoms with van der Waals surface area (Å²) in [7, 11) is 0. The largest absolute Gasteiger partial charge is 0.309 e. The molecule has 0 saturated carbocycles. The topological polar surface area (TPSA) is 12.0 Å². The van der Waals surface area contributed by atoms with Crippen molar-refractivity contribution in [2.75, 3.05) is 6.54 Å². The minimum Gasteiger partial charge on any atom is -0.309 e. The van der Waals surface area contributed by atoms with Crippen molar-refractivity contribution < 1.29 is 0 Å². The molecule has 0 saturated heterocycles. The van der Waals surface area contributed by atoms with Gasteiger partial charge < -0.3 is 5.32 Å². The van der Waals surface area contributed by atoms with Crippen LogP contribution in [0, 0.1) is 5.41 Å². The van der Waals surface area contributed by atoms with Gasteiger partial charge in [0.25, 0.3) is 0 Å². The second-order valence-electron chi connectivity index (χ2n) is 6.20. The Labute approximate surface area is 110 Å². The highest BCUT2D eigenvalue weighted by molar-refractivity contribution is 7.12. The Morgan fingerprint density at radius 1 is 1.35 bits per heavy atom. The summed E-state index contributed by atoms with van der Waals surface area (Å²) in [6.07, 6.45) is 5.18. The summed E-state index contributed by atoms with van der Waals surface area (Å²) in [6.45, 7) is 10.4. The number of rotatable bonds is 4. The molecule has 0 amide bonds. The number of hydrogen-bond acceptors (Lipinski definition) is 2. The number of thiophene rings is 1. The Hall–Kier alpha value is -0.340. The third-order valence-electron chi connectivity index (χ3n) is 3.51. The molecule has 0 fully saturated rings. The van der Waals surface area contributed by atoms with Crippen LogP contribution in [0.1, 0.15) is 61.9 Å². The van der Waals surface area contributed by atoms with E-state index < -0.39 is 0 Å². The zero-order valence-electron chi connectivity index (χ0n) is 11.6. The van der Waals surface area contributed by atoms with E-state index >= 15 is 0 Å². The predicted molar refractivity (Wildman–Crippen MR) is 76.8 cm³/mol. The van der Waals surface area contributed by atoms with Gasteiger partial charge in [-0.15, -0.1) is 11.3 Å². The zero-order valence-corrected chi connectivity index (χ0v) is 12.4. The molecule has 2 rings (SSSR count). The molecule has 0 spiro atoms. The zero-order chi connectivity index (χ0) is 12.5. The van der Waals surface area contributed by atoms with Crippen molar-refractivity contribution in [2.45, 2.75) is 59.4 Å². The van der Waals surface area contributed by atoms with Crippen molar-refractivity contribution in [3.05, 3.63) is 21.4 Å². The predicted octanol–water partition coefficient (Wildman–Crippen LogP) is 4.32. The number of nitrogens with one attached hydrogen (secondary N) is 1. The molecule has 1 heterocycles. The van der Waals surface area contributed by atoms with E-state index in [0.29, 0.717) is 11.5 Å². The van der Waals surface area contributed by atoms with Gasteiger partial charge in [0.15, 0.2) is 0 Å². The first-order valence-electron chi connectivity index (χ1n) is 6.87. The van der Waals surface area contributed by atoms with Gasteiger partial charge in [-0.2, -0.15) is 0 Å². The van der Waals surface area contributed by atoms with Crippen LogP contribution >= 0.6 is 11.3 Å². The fraction of sp³-hybridized carbons (Fsp3) is 0.733. The van der Waals surface area contributed by atoms with Crippen LogP contribution in [0.25, 0.3) is 0 Å². The summed E-state index contributed by atoms with van der Waals surface area (Å²) in [5, 5.41) is 3.72. The van der Waals surface area contributed by atoms with Crippen molar-refractivity contribution in [3.63, 3.8) is 0 Å². The second-order valence-corrected chi connectivity index (χ2v) is 7.37. The Balaban J connectivity index is 2.19. The summed E-state index contributed by atoms with van der Waals surface area (Å²) in [4.78, 5) is 3.20. The summed E-state index contributed by atoms with van der Waals surface area (Å²) in [6, 6.07) is 2.98. The highest BCUT2D eigenvalue weighted by Gasteiger charge is 2.28. The van der Waals surface area contributed by atoms with E-state index in [-0.39, 0.29) is 0 Å². The third kappa shape index (κ3) is 2.92. The van der Waals surface area contributed by atoms with Gasteiger partial charge in [-0.25, -0.2) is 0 Å². The summed E-state index contributed by atoms with van der Waals surface area (Å²) >= 11 is 2.04.